The van der Waals surface area contributed by atoms with E-state index >= 15 is 0 Å². The largest absolute Gasteiger partial charge is 0.344 e. The van der Waals surface area contributed by atoms with E-state index in [0.717, 1.165) is 56.1 Å². The smallest absolute Gasteiger partial charge is 0.0979 e. The first-order valence-electron chi connectivity index (χ1n) is 10.1. The van der Waals surface area contributed by atoms with Crippen LogP contribution in [-0.2, 0) is 6.42 Å². The van der Waals surface area contributed by atoms with E-state index in [4.69, 9.17) is 4.99 Å². The van der Waals surface area contributed by atoms with E-state index in [-0.39, 0.29) is 5.92 Å². The molecule has 1 saturated heterocycles. The first-order valence-corrected chi connectivity index (χ1v) is 10.1. The summed E-state index contributed by atoms with van der Waals surface area (Å²) >= 11 is 0. The van der Waals surface area contributed by atoms with Crippen LogP contribution < -0.4 is 10.6 Å². The highest BCUT2D eigenvalue weighted by Gasteiger charge is 2.15. The lowest BCUT2D eigenvalue weighted by Gasteiger charge is -2.21. The van der Waals surface area contributed by atoms with Gasteiger partial charge in [-0.3, -0.25) is 9.98 Å². The van der Waals surface area contributed by atoms with Crippen LogP contribution in [0.25, 0.3) is 5.70 Å². The van der Waals surface area contributed by atoms with Gasteiger partial charge in [-0.1, -0.05) is 31.2 Å². The van der Waals surface area contributed by atoms with Gasteiger partial charge in [0, 0.05) is 18.0 Å². The predicted molar refractivity (Wildman–Crippen MR) is 117 cm³/mol. The Labute approximate surface area is 163 Å². The first kappa shape index (κ1) is 19.6. The van der Waals surface area contributed by atoms with E-state index < -0.39 is 0 Å². The standard InChI is InChI=1S/C23H32N4/c1-5-16(2)14-23(27-18(4)26-21-9-11-24-12-10-21)20-7-6-19-8-13-25-17(3)22(19)15-20/h5-7,14-16,21,24H,1,8-13H2,2-4H3,(H,26,27)/b23-14-/t16-/m0/s1. The third-order valence-corrected chi connectivity index (χ3v) is 5.34. The maximum atomic E-state index is 4.91. The fourth-order valence-corrected chi connectivity index (χ4v) is 3.71. The summed E-state index contributed by atoms with van der Waals surface area (Å²) < 4.78 is 0. The molecule has 1 aromatic rings. The SMILES string of the molecule is C=C[C@H](C)/C=C(\NC(C)=NC1CCNCC1)c1ccc2c(c1)C(C)=NCC2. The van der Waals surface area contributed by atoms with Crippen LogP contribution in [0.3, 0.4) is 0 Å². The molecule has 2 aliphatic rings. The Balaban J connectivity index is 1.87. The Kier molecular flexibility index (Phi) is 6.62. The summed E-state index contributed by atoms with van der Waals surface area (Å²) in [4.78, 5) is 9.53. The van der Waals surface area contributed by atoms with Crippen molar-refractivity contribution in [2.75, 3.05) is 19.6 Å². The second-order valence-corrected chi connectivity index (χ2v) is 7.58. The van der Waals surface area contributed by atoms with Gasteiger partial charge in [0.15, 0.2) is 0 Å². The number of nitrogens with one attached hydrogen (secondary N) is 2. The zero-order valence-electron chi connectivity index (χ0n) is 16.9. The molecule has 0 saturated carbocycles. The van der Waals surface area contributed by atoms with Gasteiger partial charge in [-0.25, -0.2) is 0 Å². The first-order chi connectivity index (χ1) is 13.1. The number of rotatable bonds is 5. The summed E-state index contributed by atoms with van der Waals surface area (Å²) in [5.74, 6) is 1.26. The van der Waals surface area contributed by atoms with E-state index in [1.807, 2.05) is 6.08 Å². The van der Waals surface area contributed by atoms with Crippen molar-refractivity contribution in [3.63, 3.8) is 0 Å². The molecule has 4 nitrogen and oxygen atoms in total. The van der Waals surface area contributed by atoms with Gasteiger partial charge in [0.2, 0.25) is 0 Å². The van der Waals surface area contributed by atoms with Gasteiger partial charge in [-0.2, -0.15) is 0 Å². The number of aliphatic imine (C=N–C) groups is 2. The lowest BCUT2D eigenvalue weighted by Crippen LogP contribution is -2.31. The second-order valence-electron chi connectivity index (χ2n) is 7.58. The van der Waals surface area contributed by atoms with Gasteiger partial charge in [0.1, 0.15) is 0 Å². The van der Waals surface area contributed by atoms with E-state index in [0.29, 0.717) is 6.04 Å². The Morgan fingerprint density at radius 2 is 2.15 bits per heavy atom. The summed E-state index contributed by atoms with van der Waals surface area (Å²) in [6, 6.07) is 7.13. The van der Waals surface area contributed by atoms with Crippen LogP contribution in [0.5, 0.6) is 0 Å². The number of benzene rings is 1. The quantitative estimate of drug-likeness (QED) is 0.472. The third-order valence-electron chi connectivity index (χ3n) is 5.34. The molecule has 4 heteroatoms. The van der Waals surface area contributed by atoms with Crippen molar-refractivity contribution < 1.29 is 0 Å². The Hall–Kier alpha value is -2.20. The van der Waals surface area contributed by atoms with Gasteiger partial charge in [0.25, 0.3) is 0 Å². The lowest BCUT2D eigenvalue weighted by molar-refractivity contribution is 0.459. The van der Waals surface area contributed by atoms with Crippen molar-refractivity contribution in [1.29, 1.82) is 0 Å². The maximum Gasteiger partial charge on any atom is 0.0979 e. The molecular weight excluding hydrogens is 332 g/mol. The maximum absolute atomic E-state index is 4.91. The van der Waals surface area contributed by atoms with E-state index in [2.05, 4.69) is 67.3 Å². The molecule has 0 aliphatic carbocycles. The van der Waals surface area contributed by atoms with Crippen molar-refractivity contribution in [1.82, 2.24) is 10.6 Å². The zero-order valence-corrected chi connectivity index (χ0v) is 16.9. The summed E-state index contributed by atoms with van der Waals surface area (Å²) in [7, 11) is 0. The fraction of sp³-hybridized carbons (Fsp3) is 0.478. The average molecular weight is 365 g/mol. The molecule has 144 valence electrons. The van der Waals surface area contributed by atoms with E-state index in [1.54, 1.807) is 0 Å². The van der Waals surface area contributed by atoms with Gasteiger partial charge in [0.05, 0.1) is 11.9 Å². The molecule has 0 radical (unpaired) electrons. The highest BCUT2D eigenvalue weighted by atomic mass is 15.0. The van der Waals surface area contributed by atoms with Gasteiger partial charge in [-0.05, 0) is 74.9 Å². The molecule has 2 heterocycles. The van der Waals surface area contributed by atoms with Crippen molar-refractivity contribution in [2.45, 2.75) is 46.1 Å². The van der Waals surface area contributed by atoms with Crippen molar-refractivity contribution in [2.24, 2.45) is 15.9 Å². The molecule has 3 rings (SSSR count). The molecule has 2 aliphatic heterocycles. The van der Waals surface area contributed by atoms with Crippen LogP contribution in [0.1, 0.15) is 50.3 Å². The third kappa shape index (κ3) is 5.16. The Bertz CT molecular complexity index is 767. The van der Waals surface area contributed by atoms with Crippen LogP contribution >= 0.6 is 0 Å². The fourth-order valence-electron chi connectivity index (χ4n) is 3.71. The minimum absolute atomic E-state index is 0.282. The Morgan fingerprint density at radius 3 is 2.89 bits per heavy atom. The summed E-state index contributed by atoms with van der Waals surface area (Å²) in [5.41, 5.74) is 6.07. The summed E-state index contributed by atoms with van der Waals surface area (Å²) in [6.07, 6.45) is 7.43. The summed E-state index contributed by atoms with van der Waals surface area (Å²) in [6.45, 7) is 13.3. The van der Waals surface area contributed by atoms with Crippen LogP contribution in [0, 0.1) is 5.92 Å². The molecule has 2 N–H and O–H groups in total. The monoisotopic (exact) mass is 364 g/mol. The number of fused-ring (bicyclic) bond motifs is 1. The molecular formula is C23H32N4. The molecule has 0 aromatic heterocycles. The van der Waals surface area contributed by atoms with Crippen LogP contribution in [0.2, 0.25) is 0 Å². The average Bonchev–Trinajstić information content (AvgIpc) is 2.68. The zero-order chi connectivity index (χ0) is 19.2. The highest BCUT2D eigenvalue weighted by Crippen LogP contribution is 2.23. The molecule has 27 heavy (non-hydrogen) atoms. The van der Waals surface area contributed by atoms with Gasteiger partial charge < -0.3 is 10.6 Å². The topological polar surface area (TPSA) is 48.8 Å². The van der Waals surface area contributed by atoms with Crippen LogP contribution in [-0.4, -0.2) is 37.2 Å². The number of hydrogen-bond acceptors (Lipinski definition) is 3. The number of nitrogens with zero attached hydrogens (tertiary/aromatic N) is 2. The number of piperidine rings is 1. The van der Waals surface area contributed by atoms with E-state index in [1.165, 1.54) is 16.7 Å². The van der Waals surface area contributed by atoms with E-state index in [9.17, 15) is 0 Å². The predicted octanol–water partition coefficient (Wildman–Crippen LogP) is 3.97. The van der Waals surface area contributed by atoms with Gasteiger partial charge in [-0.15, -0.1) is 6.58 Å². The summed E-state index contributed by atoms with van der Waals surface area (Å²) in [5, 5.41) is 6.97. The molecule has 1 aromatic carbocycles. The highest BCUT2D eigenvalue weighted by molar-refractivity contribution is 6.01. The number of amidine groups is 1. The Morgan fingerprint density at radius 1 is 1.37 bits per heavy atom. The number of hydrogen-bond donors (Lipinski definition) is 2. The van der Waals surface area contributed by atoms with Crippen LogP contribution in [0.4, 0.5) is 0 Å². The molecule has 0 spiro atoms. The molecule has 0 bridgehead atoms. The minimum Gasteiger partial charge on any atom is -0.344 e. The van der Waals surface area contributed by atoms with Crippen molar-refractivity contribution in [3.8, 4) is 0 Å². The molecule has 0 amide bonds. The molecule has 1 atom stereocenters. The van der Waals surface area contributed by atoms with Crippen LogP contribution in [0.15, 0.2) is 46.9 Å². The van der Waals surface area contributed by atoms with Crippen molar-refractivity contribution >= 4 is 17.2 Å². The normalized spacial score (nSPS) is 19.9. The number of allylic oxidation sites excluding steroid dienone is 2. The lowest BCUT2D eigenvalue weighted by atomic mass is 9.94. The second kappa shape index (κ2) is 9.14. The molecule has 1 fully saturated rings. The molecule has 0 unspecified atom stereocenters. The van der Waals surface area contributed by atoms with Gasteiger partial charge >= 0.3 is 0 Å². The van der Waals surface area contributed by atoms with Crippen molar-refractivity contribution in [3.05, 3.63) is 53.6 Å². The minimum atomic E-state index is 0.282.